The molecule has 0 aliphatic carbocycles. The Balaban J connectivity index is 2.06. The minimum atomic E-state index is 0.642. The number of benzene rings is 1. The molecule has 2 rings (SSSR count). The maximum atomic E-state index is 5.52. The summed E-state index contributed by atoms with van der Waals surface area (Å²) in [5.41, 5.74) is 9.11. The van der Waals surface area contributed by atoms with Gasteiger partial charge in [0.25, 0.3) is 0 Å². The Hall–Kier alpha value is -1.81. The van der Waals surface area contributed by atoms with Gasteiger partial charge in [0.05, 0.1) is 18.6 Å². The number of hydrogen-bond donors (Lipinski definition) is 1. The summed E-state index contributed by atoms with van der Waals surface area (Å²) in [5, 5.41) is 0. The SMILES string of the molecule is Cc1ccccc1N(C)Cc1cn(CCN)cn1. The van der Waals surface area contributed by atoms with Crippen LogP contribution in [0.4, 0.5) is 5.69 Å². The molecule has 1 heterocycles. The van der Waals surface area contributed by atoms with Crippen molar-refractivity contribution in [1.82, 2.24) is 9.55 Å². The first-order valence-electron chi connectivity index (χ1n) is 6.18. The molecule has 0 spiro atoms. The highest BCUT2D eigenvalue weighted by Gasteiger charge is 2.06. The van der Waals surface area contributed by atoms with Crippen LogP contribution in [0.3, 0.4) is 0 Å². The maximum Gasteiger partial charge on any atom is 0.0950 e. The molecule has 0 saturated carbocycles. The molecular weight excluding hydrogens is 224 g/mol. The lowest BCUT2D eigenvalue weighted by Gasteiger charge is -2.20. The molecule has 4 heteroatoms. The van der Waals surface area contributed by atoms with Crippen LogP contribution in [-0.4, -0.2) is 23.1 Å². The van der Waals surface area contributed by atoms with E-state index in [9.17, 15) is 0 Å². The summed E-state index contributed by atoms with van der Waals surface area (Å²) in [4.78, 5) is 6.61. The molecule has 1 aromatic heterocycles. The highest BCUT2D eigenvalue weighted by Crippen LogP contribution is 2.19. The fourth-order valence-electron chi connectivity index (χ4n) is 2.08. The zero-order valence-corrected chi connectivity index (χ0v) is 11.0. The van der Waals surface area contributed by atoms with E-state index in [1.165, 1.54) is 11.3 Å². The smallest absolute Gasteiger partial charge is 0.0950 e. The fourth-order valence-corrected chi connectivity index (χ4v) is 2.08. The Morgan fingerprint density at radius 1 is 1.33 bits per heavy atom. The van der Waals surface area contributed by atoms with Gasteiger partial charge in [-0.1, -0.05) is 18.2 Å². The lowest BCUT2D eigenvalue weighted by molar-refractivity contribution is 0.706. The number of aryl methyl sites for hydroxylation is 1. The topological polar surface area (TPSA) is 47.1 Å². The van der Waals surface area contributed by atoms with Crippen LogP contribution in [0.1, 0.15) is 11.3 Å². The monoisotopic (exact) mass is 244 g/mol. The van der Waals surface area contributed by atoms with Crippen LogP contribution in [0.5, 0.6) is 0 Å². The third kappa shape index (κ3) is 2.90. The summed E-state index contributed by atoms with van der Waals surface area (Å²) in [7, 11) is 2.09. The van der Waals surface area contributed by atoms with Gasteiger partial charge in [0, 0.05) is 32.0 Å². The summed E-state index contributed by atoms with van der Waals surface area (Å²) in [6.45, 7) is 4.39. The van der Waals surface area contributed by atoms with Crippen LogP contribution in [0, 0.1) is 6.92 Å². The van der Waals surface area contributed by atoms with E-state index in [4.69, 9.17) is 5.73 Å². The lowest BCUT2D eigenvalue weighted by Crippen LogP contribution is -2.17. The largest absolute Gasteiger partial charge is 0.368 e. The summed E-state index contributed by atoms with van der Waals surface area (Å²) < 4.78 is 2.03. The number of nitrogens with two attached hydrogens (primary N) is 1. The summed E-state index contributed by atoms with van der Waals surface area (Å²) >= 11 is 0. The zero-order valence-electron chi connectivity index (χ0n) is 11.0. The Morgan fingerprint density at radius 3 is 2.83 bits per heavy atom. The molecule has 0 atom stereocenters. The van der Waals surface area contributed by atoms with E-state index in [1.807, 2.05) is 10.9 Å². The molecule has 4 nitrogen and oxygen atoms in total. The molecular formula is C14H20N4. The standard InChI is InChI=1S/C14H20N4/c1-12-5-3-4-6-14(12)17(2)9-13-10-18(8-7-15)11-16-13/h3-6,10-11H,7-9,15H2,1-2H3. The number of nitrogens with zero attached hydrogens (tertiary/aromatic N) is 3. The van der Waals surface area contributed by atoms with Gasteiger partial charge in [-0.2, -0.15) is 0 Å². The first-order chi connectivity index (χ1) is 8.70. The second-order valence-electron chi connectivity index (χ2n) is 4.53. The first kappa shape index (κ1) is 12.6. The minimum Gasteiger partial charge on any atom is -0.368 e. The van der Waals surface area contributed by atoms with Crippen molar-refractivity contribution >= 4 is 5.69 Å². The average Bonchev–Trinajstić information content (AvgIpc) is 2.77. The predicted octanol–water partition coefficient (Wildman–Crippen LogP) is 1.79. The zero-order chi connectivity index (χ0) is 13.0. The molecule has 0 unspecified atom stereocenters. The van der Waals surface area contributed by atoms with Crippen molar-refractivity contribution in [3.05, 3.63) is 48.0 Å². The van der Waals surface area contributed by atoms with Gasteiger partial charge in [-0.3, -0.25) is 0 Å². The molecule has 18 heavy (non-hydrogen) atoms. The Labute approximate surface area is 108 Å². The summed E-state index contributed by atoms with van der Waals surface area (Å²) in [6, 6.07) is 8.37. The highest BCUT2D eigenvalue weighted by atomic mass is 15.1. The van der Waals surface area contributed by atoms with Gasteiger partial charge in [0.15, 0.2) is 0 Å². The molecule has 0 radical (unpaired) electrons. The summed E-state index contributed by atoms with van der Waals surface area (Å²) in [5.74, 6) is 0. The van der Waals surface area contributed by atoms with Crippen molar-refractivity contribution in [1.29, 1.82) is 0 Å². The predicted molar refractivity (Wildman–Crippen MR) is 74.6 cm³/mol. The van der Waals surface area contributed by atoms with E-state index in [1.54, 1.807) is 0 Å². The fraction of sp³-hybridized carbons (Fsp3) is 0.357. The van der Waals surface area contributed by atoms with Crippen molar-refractivity contribution < 1.29 is 0 Å². The van der Waals surface area contributed by atoms with Crippen LogP contribution >= 0.6 is 0 Å². The third-order valence-electron chi connectivity index (χ3n) is 3.00. The molecule has 2 N–H and O–H groups in total. The molecule has 1 aromatic carbocycles. The van der Waals surface area contributed by atoms with Gasteiger partial charge in [-0.15, -0.1) is 0 Å². The molecule has 0 saturated heterocycles. The average molecular weight is 244 g/mol. The van der Waals surface area contributed by atoms with Gasteiger partial charge in [-0.25, -0.2) is 4.98 Å². The Bertz CT molecular complexity index is 504. The van der Waals surface area contributed by atoms with Crippen molar-refractivity contribution in [2.45, 2.75) is 20.0 Å². The molecule has 0 aliphatic rings. The van der Waals surface area contributed by atoms with Crippen LogP contribution in [0.25, 0.3) is 0 Å². The normalized spacial score (nSPS) is 10.6. The van der Waals surface area contributed by atoms with Crippen molar-refractivity contribution in [3.63, 3.8) is 0 Å². The first-order valence-corrected chi connectivity index (χ1v) is 6.18. The molecule has 0 bridgehead atoms. The Kier molecular flexibility index (Phi) is 3.99. The number of aromatic nitrogens is 2. The molecule has 0 aliphatic heterocycles. The number of anilines is 1. The minimum absolute atomic E-state index is 0.642. The molecule has 0 fully saturated rings. The lowest BCUT2D eigenvalue weighted by atomic mass is 10.2. The van der Waals surface area contributed by atoms with E-state index >= 15 is 0 Å². The van der Waals surface area contributed by atoms with E-state index in [-0.39, 0.29) is 0 Å². The van der Waals surface area contributed by atoms with Gasteiger partial charge >= 0.3 is 0 Å². The van der Waals surface area contributed by atoms with Crippen LogP contribution in [0.15, 0.2) is 36.8 Å². The van der Waals surface area contributed by atoms with Crippen molar-refractivity contribution in [2.75, 3.05) is 18.5 Å². The van der Waals surface area contributed by atoms with E-state index in [0.29, 0.717) is 6.54 Å². The van der Waals surface area contributed by atoms with E-state index in [2.05, 4.69) is 54.3 Å². The van der Waals surface area contributed by atoms with E-state index < -0.39 is 0 Å². The molecule has 2 aromatic rings. The van der Waals surface area contributed by atoms with Crippen LogP contribution in [0.2, 0.25) is 0 Å². The second kappa shape index (κ2) is 5.69. The van der Waals surface area contributed by atoms with Crippen molar-refractivity contribution in [3.8, 4) is 0 Å². The third-order valence-corrected chi connectivity index (χ3v) is 3.00. The number of imidazole rings is 1. The highest BCUT2D eigenvalue weighted by molar-refractivity contribution is 5.52. The number of hydrogen-bond acceptors (Lipinski definition) is 3. The van der Waals surface area contributed by atoms with Gasteiger partial charge in [0.1, 0.15) is 0 Å². The van der Waals surface area contributed by atoms with Crippen LogP contribution in [-0.2, 0) is 13.1 Å². The van der Waals surface area contributed by atoms with Crippen molar-refractivity contribution in [2.24, 2.45) is 5.73 Å². The van der Waals surface area contributed by atoms with Gasteiger partial charge in [-0.05, 0) is 18.6 Å². The van der Waals surface area contributed by atoms with E-state index in [0.717, 1.165) is 18.8 Å². The second-order valence-corrected chi connectivity index (χ2v) is 4.53. The molecule has 0 amide bonds. The Morgan fingerprint density at radius 2 is 2.11 bits per heavy atom. The number of rotatable bonds is 5. The maximum absolute atomic E-state index is 5.52. The van der Waals surface area contributed by atoms with Gasteiger partial charge < -0.3 is 15.2 Å². The quantitative estimate of drug-likeness (QED) is 0.872. The molecule has 96 valence electrons. The summed E-state index contributed by atoms with van der Waals surface area (Å²) in [6.07, 6.45) is 3.90. The van der Waals surface area contributed by atoms with Crippen LogP contribution < -0.4 is 10.6 Å². The van der Waals surface area contributed by atoms with Gasteiger partial charge in [0.2, 0.25) is 0 Å². The number of para-hydroxylation sites is 1.